The van der Waals surface area contributed by atoms with Crippen LogP contribution in [0.4, 0.5) is 5.82 Å². The number of hydrogen-bond acceptors (Lipinski definition) is 4. The van der Waals surface area contributed by atoms with Crippen molar-refractivity contribution in [3.63, 3.8) is 0 Å². The van der Waals surface area contributed by atoms with E-state index in [2.05, 4.69) is 5.32 Å². The third-order valence-electron chi connectivity index (χ3n) is 6.83. The molecule has 206 valence electrons. The van der Waals surface area contributed by atoms with Crippen LogP contribution in [0.2, 0.25) is 0 Å². The van der Waals surface area contributed by atoms with Crippen LogP contribution in [-0.2, 0) is 11.3 Å². The van der Waals surface area contributed by atoms with Crippen molar-refractivity contribution in [3.05, 3.63) is 151 Å². The van der Waals surface area contributed by atoms with Gasteiger partial charge in [-0.15, -0.1) is 0 Å². The molecule has 42 heavy (non-hydrogen) atoms. The van der Waals surface area contributed by atoms with Crippen molar-refractivity contribution in [3.8, 4) is 28.1 Å². The molecule has 0 aliphatic rings. The summed E-state index contributed by atoms with van der Waals surface area (Å²) in [4.78, 5) is 28.6. The molecule has 0 saturated carbocycles. The summed E-state index contributed by atoms with van der Waals surface area (Å²) >= 11 is 0. The monoisotopic (exact) mass is 552 g/mol. The molecule has 0 bridgehead atoms. The van der Waals surface area contributed by atoms with Crippen molar-refractivity contribution in [2.45, 2.75) is 6.54 Å². The number of hydrogen-bond donors (Lipinski definition) is 1. The molecule has 0 atom stereocenters. The number of carbonyl (C=O) groups is 2. The molecule has 0 unspecified atom stereocenters. The third-order valence-corrected chi connectivity index (χ3v) is 6.83. The van der Waals surface area contributed by atoms with E-state index in [1.54, 1.807) is 35.2 Å². The highest BCUT2D eigenvalue weighted by Gasteiger charge is 2.22. The van der Waals surface area contributed by atoms with Gasteiger partial charge in [-0.2, -0.15) is 5.10 Å². The molecule has 0 fully saturated rings. The first-order valence-electron chi connectivity index (χ1n) is 13.6. The highest BCUT2D eigenvalue weighted by molar-refractivity contribution is 5.99. The van der Waals surface area contributed by atoms with Crippen molar-refractivity contribution in [1.29, 1.82) is 0 Å². The second-order valence-electron chi connectivity index (χ2n) is 9.76. The van der Waals surface area contributed by atoms with Crippen molar-refractivity contribution >= 4 is 17.6 Å². The molecule has 4 aromatic carbocycles. The van der Waals surface area contributed by atoms with Crippen LogP contribution < -0.4 is 5.32 Å². The predicted octanol–water partition coefficient (Wildman–Crippen LogP) is 7.08. The second-order valence-corrected chi connectivity index (χ2v) is 9.76. The van der Waals surface area contributed by atoms with E-state index < -0.39 is 0 Å². The molecule has 2 heterocycles. The van der Waals surface area contributed by atoms with Crippen molar-refractivity contribution in [2.75, 3.05) is 11.9 Å². The van der Waals surface area contributed by atoms with Gasteiger partial charge in [0.25, 0.3) is 5.91 Å². The Labute approximate surface area is 243 Å². The maximum absolute atomic E-state index is 13.7. The Hall–Kier alpha value is -5.69. The molecule has 0 aliphatic carbocycles. The fourth-order valence-corrected chi connectivity index (χ4v) is 4.75. The fourth-order valence-electron chi connectivity index (χ4n) is 4.75. The first-order valence-corrected chi connectivity index (χ1v) is 13.6. The average molecular weight is 553 g/mol. The van der Waals surface area contributed by atoms with Gasteiger partial charge in [0.15, 0.2) is 0 Å². The van der Waals surface area contributed by atoms with Crippen LogP contribution in [0.25, 0.3) is 28.1 Å². The van der Waals surface area contributed by atoms with Crippen molar-refractivity contribution < 1.29 is 14.0 Å². The number of benzene rings is 4. The number of furan rings is 1. The summed E-state index contributed by atoms with van der Waals surface area (Å²) in [6, 6.07) is 42.1. The van der Waals surface area contributed by atoms with Gasteiger partial charge in [0.05, 0.1) is 24.2 Å². The molecular formula is C35H28N4O3. The summed E-state index contributed by atoms with van der Waals surface area (Å²) in [6.07, 6.45) is 1.55. The number of amides is 2. The smallest absolute Gasteiger partial charge is 0.254 e. The molecule has 6 rings (SSSR count). The first-order chi connectivity index (χ1) is 20.6. The van der Waals surface area contributed by atoms with Crippen LogP contribution in [0.5, 0.6) is 0 Å². The maximum atomic E-state index is 13.7. The van der Waals surface area contributed by atoms with Gasteiger partial charge in [-0.25, -0.2) is 4.68 Å². The summed E-state index contributed by atoms with van der Waals surface area (Å²) in [5, 5.41) is 7.75. The number of aromatic nitrogens is 2. The van der Waals surface area contributed by atoms with E-state index in [-0.39, 0.29) is 24.9 Å². The number of anilines is 1. The van der Waals surface area contributed by atoms with Gasteiger partial charge < -0.3 is 14.6 Å². The second kappa shape index (κ2) is 12.2. The number of nitrogens with zero attached hydrogens (tertiary/aromatic N) is 3. The lowest BCUT2D eigenvalue weighted by atomic mass is 10.0. The topological polar surface area (TPSA) is 80.4 Å². The zero-order chi connectivity index (χ0) is 28.7. The Morgan fingerprint density at radius 2 is 1.33 bits per heavy atom. The minimum Gasteiger partial charge on any atom is -0.467 e. The number of rotatable bonds is 9. The first kappa shape index (κ1) is 26.5. The van der Waals surface area contributed by atoms with Gasteiger partial charge in [0, 0.05) is 17.2 Å². The molecular weight excluding hydrogens is 524 g/mol. The average Bonchev–Trinajstić information content (AvgIpc) is 3.72. The van der Waals surface area contributed by atoms with E-state index in [9.17, 15) is 9.59 Å². The highest BCUT2D eigenvalue weighted by atomic mass is 16.3. The van der Waals surface area contributed by atoms with Crippen molar-refractivity contribution in [2.24, 2.45) is 0 Å². The van der Waals surface area contributed by atoms with E-state index in [1.807, 2.05) is 109 Å². The SMILES string of the molecule is O=C(CN(Cc1ccco1)C(=O)c1ccc(-c2ccccc2)cc1)Nc1cc(-c2ccccc2)nn1-c1ccccc1. The van der Waals surface area contributed by atoms with E-state index >= 15 is 0 Å². The number of para-hydroxylation sites is 1. The molecule has 0 aliphatic heterocycles. The lowest BCUT2D eigenvalue weighted by Crippen LogP contribution is -2.37. The number of carbonyl (C=O) groups excluding carboxylic acids is 2. The molecule has 0 saturated heterocycles. The zero-order valence-electron chi connectivity index (χ0n) is 22.8. The third kappa shape index (κ3) is 6.05. The summed E-state index contributed by atoms with van der Waals surface area (Å²) in [7, 11) is 0. The standard InChI is InChI=1S/C35H28N4O3/c40-34(36-33-23-32(28-13-6-2-7-14-28)37-39(33)30-15-8-3-9-16-30)25-38(24-31-17-10-22-42-31)35(41)29-20-18-27(19-21-29)26-11-4-1-5-12-26/h1-23H,24-25H2,(H,36,40). The minimum absolute atomic E-state index is 0.146. The zero-order valence-corrected chi connectivity index (χ0v) is 22.8. The van der Waals surface area contributed by atoms with Crippen molar-refractivity contribution in [1.82, 2.24) is 14.7 Å². The van der Waals surface area contributed by atoms with Crippen LogP contribution in [0, 0.1) is 0 Å². The summed E-state index contributed by atoms with van der Waals surface area (Å²) in [5.41, 5.74) is 5.00. The molecule has 7 nitrogen and oxygen atoms in total. The summed E-state index contributed by atoms with van der Waals surface area (Å²) in [6.45, 7) is -0.0342. The van der Waals surface area contributed by atoms with Gasteiger partial charge in [0.1, 0.15) is 18.1 Å². The highest BCUT2D eigenvalue weighted by Crippen LogP contribution is 2.25. The lowest BCUT2D eigenvalue weighted by Gasteiger charge is -2.21. The Balaban J connectivity index is 1.25. The Morgan fingerprint density at radius 3 is 1.98 bits per heavy atom. The maximum Gasteiger partial charge on any atom is 0.254 e. The molecule has 2 amide bonds. The molecule has 7 heteroatoms. The van der Waals surface area contributed by atoms with Crippen LogP contribution in [0.15, 0.2) is 144 Å². The van der Waals surface area contributed by atoms with Gasteiger partial charge in [-0.3, -0.25) is 9.59 Å². The van der Waals surface area contributed by atoms with Crippen LogP contribution >= 0.6 is 0 Å². The summed E-state index contributed by atoms with van der Waals surface area (Å²) in [5.74, 6) is 0.454. The largest absolute Gasteiger partial charge is 0.467 e. The Morgan fingerprint density at radius 1 is 0.714 bits per heavy atom. The van der Waals surface area contributed by atoms with Gasteiger partial charge in [-0.05, 0) is 47.5 Å². The minimum atomic E-state index is -0.354. The van der Waals surface area contributed by atoms with Gasteiger partial charge in [-0.1, -0.05) is 91.0 Å². The van der Waals surface area contributed by atoms with E-state index in [0.29, 0.717) is 17.1 Å². The lowest BCUT2D eigenvalue weighted by molar-refractivity contribution is -0.117. The van der Waals surface area contributed by atoms with Gasteiger partial charge in [0.2, 0.25) is 5.91 Å². The van der Waals surface area contributed by atoms with E-state index in [0.717, 1.165) is 28.1 Å². The fraction of sp³-hybridized carbons (Fsp3) is 0.0571. The Kier molecular flexibility index (Phi) is 7.72. The molecule has 0 radical (unpaired) electrons. The van der Waals surface area contributed by atoms with E-state index in [1.165, 1.54) is 4.90 Å². The van der Waals surface area contributed by atoms with Crippen LogP contribution in [0.3, 0.4) is 0 Å². The van der Waals surface area contributed by atoms with Crippen LogP contribution in [0.1, 0.15) is 16.1 Å². The number of nitrogens with one attached hydrogen (secondary N) is 1. The van der Waals surface area contributed by atoms with Crippen LogP contribution in [-0.4, -0.2) is 33.0 Å². The molecule has 1 N–H and O–H groups in total. The normalized spacial score (nSPS) is 10.8. The van der Waals surface area contributed by atoms with Gasteiger partial charge >= 0.3 is 0 Å². The molecule has 2 aromatic heterocycles. The predicted molar refractivity (Wildman–Crippen MR) is 163 cm³/mol. The quantitative estimate of drug-likeness (QED) is 0.208. The molecule has 6 aromatic rings. The molecule has 0 spiro atoms. The Bertz CT molecular complexity index is 1760. The van der Waals surface area contributed by atoms with E-state index in [4.69, 9.17) is 9.52 Å². The summed E-state index contributed by atoms with van der Waals surface area (Å²) < 4.78 is 7.21.